The Bertz CT molecular complexity index is 459. The van der Waals surface area contributed by atoms with Gasteiger partial charge in [0.05, 0.1) is 10.0 Å². The minimum atomic E-state index is -0.882. The van der Waals surface area contributed by atoms with Crippen LogP contribution in [0.1, 0.15) is 32.3 Å². The van der Waals surface area contributed by atoms with Crippen molar-refractivity contribution < 1.29 is 9.18 Å². The van der Waals surface area contributed by atoms with Crippen LogP contribution in [0.25, 0.3) is 0 Å². The fraction of sp³-hybridized carbons (Fsp3) is 0.462. The van der Waals surface area contributed by atoms with Crippen LogP contribution in [0, 0.1) is 12.7 Å². The van der Waals surface area contributed by atoms with E-state index in [1.807, 2.05) is 13.8 Å². The molecule has 0 bridgehead atoms. The lowest BCUT2D eigenvalue weighted by molar-refractivity contribution is -0.121. The maximum atomic E-state index is 13.3. The summed E-state index contributed by atoms with van der Waals surface area (Å²) in [5.74, 6) is -0.593. The van der Waals surface area contributed by atoms with Gasteiger partial charge in [0.25, 0.3) is 0 Å². The molecule has 18 heavy (non-hydrogen) atoms. The number of amides is 1. The number of hydrogen-bond donors (Lipinski definition) is 2. The minimum Gasteiger partial charge on any atom is -0.324 e. The molecule has 0 aliphatic heterocycles. The zero-order valence-corrected chi connectivity index (χ0v) is 12.4. The quantitative estimate of drug-likeness (QED) is 0.895. The van der Waals surface area contributed by atoms with Crippen molar-refractivity contribution >= 4 is 27.5 Å². The van der Waals surface area contributed by atoms with Gasteiger partial charge >= 0.3 is 0 Å². The summed E-state index contributed by atoms with van der Waals surface area (Å²) in [6.07, 6.45) is 1.10. The summed E-state index contributed by atoms with van der Waals surface area (Å²) < 4.78 is 13.6. The molecule has 0 aliphatic rings. The van der Waals surface area contributed by atoms with Crippen LogP contribution in [0.3, 0.4) is 0 Å². The average Bonchev–Trinajstić information content (AvgIpc) is 2.34. The molecule has 100 valence electrons. The molecule has 0 heterocycles. The van der Waals surface area contributed by atoms with E-state index in [1.54, 1.807) is 13.0 Å². The molecule has 5 heteroatoms. The summed E-state index contributed by atoms with van der Waals surface area (Å²) in [5.41, 5.74) is 6.37. The van der Waals surface area contributed by atoms with Crippen molar-refractivity contribution in [2.24, 2.45) is 5.73 Å². The lowest BCUT2D eigenvalue weighted by Gasteiger charge is -2.25. The Labute approximate surface area is 115 Å². The van der Waals surface area contributed by atoms with Crippen molar-refractivity contribution in [1.82, 2.24) is 0 Å². The Hall–Kier alpha value is -0.940. The van der Waals surface area contributed by atoms with Crippen molar-refractivity contribution in [2.45, 2.75) is 39.2 Å². The largest absolute Gasteiger partial charge is 0.324 e. The van der Waals surface area contributed by atoms with Crippen LogP contribution in [0.4, 0.5) is 10.1 Å². The molecule has 1 amide bonds. The molecule has 3 nitrogen and oxygen atoms in total. The first-order chi connectivity index (χ1) is 8.34. The number of hydrogen-bond acceptors (Lipinski definition) is 2. The van der Waals surface area contributed by atoms with Gasteiger partial charge in [0, 0.05) is 5.69 Å². The van der Waals surface area contributed by atoms with Crippen LogP contribution >= 0.6 is 15.9 Å². The zero-order chi connectivity index (χ0) is 13.9. The van der Waals surface area contributed by atoms with E-state index in [0.29, 0.717) is 28.6 Å². The second-order valence-electron chi connectivity index (χ2n) is 4.40. The van der Waals surface area contributed by atoms with Crippen molar-refractivity contribution in [3.63, 3.8) is 0 Å². The number of carbonyl (C=O) groups excluding carboxylic acids is 1. The lowest BCUT2D eigenvalue weighted by atomic mass is 9.93. The van der Waals surface area contributed by atoms with E-state index in [1.165, 1.54) is 6.07 Å². The van der Waals surface area contributed by atoms with Gasteiger partial charge < -0.3 is 11.1 Å². The Kier molecular flexibility index (Phi) is 4.87. The molecule has 0 unspecified atom stereocenters. The molecule has 3 N–H and O–H groups in total. The van der Waals surface area contributed by atoms with Gasteiger partial charge in [-0.25, -0.2) is 4.39 Å². The van der Waals surface area contributed by atoms with E-state index in [0.717, 1.165) is 0 Å². The summed E-state index contributed by atoms with van der Waals surface area (Å²) in [6, 6.07) is 2.92. The number of halogens is 2. The fourth-order valence-corrected chi connectivity index (χ4v) is 1.94. The standard InChI is InChI=1S/C13H18BrFN2O/c1-4-13(16,5-2)12(18)17-11-7-9(14)10(15)6-8(11)3/h6-7H,4-5,16H2,1-3H3,(H,17,18). The molecule has 0 spiro atoms. The fourth-order valence-electron chi connectivity index (χ4n) is 1.60. The van der Waals surface area contributed by atoms with Gasteiger partial charge in [-0.3, -0.25) is 4.79 Å². The van der Waals surface area contributed by atoms with Crippen molar-refractivity contribution in [3.8, 4) is 0 Å². The molecular formula is C13H18BrFN2O. The Morgan fingerprint density at radius 2 is 2.00 bits per heavy atom. The van der Waals surface area contributed by atoms with Crippen LogP contribution < -0.4 is 11.1 Å². The van der Waals surface area contributed by atoms with Crippen LogP contribution in [0.15, 0.2) is 16.6 Å². The van der Waals surface area contributed by atoms with E-state index in [2.05, 4.69) is 21.2 Å². The molecule has 0 saturated carbocycles. The summed E-state index contributed by atoms with van der Waals surface area (Å²) >= 11 is 3.10. The van der Waals surface area contributed by atoms with Crippen LogP contribution in [-0.2, 0) is 4.79 Å². The SMILES string of the molecule is CCC(N)(CC)C(=O)Nc1cc(Br)c(F)cc1C. The van der Waals surface area contributed by atoms with E-state index in [-0.39, 0.29) is 11.7 Å². The van der Waals surface area contributed by atoms with Crippen molar-refractivity contribution in [2.75, 3.05) is 5.32 Å². The Balaban J connectivity index is 2.98. The molecule has 0 aliphatic carbocycles. The van der Waals surface area contributed by atoms with Crippen LogP contribution in [0.2, 0.25) is 0 Å². The predicted molar refractivity (Wildman–Crippen MR) is 75.0 cm³/mol. The maximum Gasteiger partial charge on any atom is 0.244 e. The summed E-state index contributed by atoms with van der Waals surface area (Å²) in [5, 5.41) is 2.76. The highest BCUT2D eigenvalue weighted by Gasteiger charge is 2.30. The highest BCUT2D eigenvalue weighted by molar-refractivity contribution is 9.10. The van der Waals surface area contributed by atoms with E-state index in [4.69, 9.17) is 5.73 Å². The minimum absolute atomic E-state index is 0.242. The number of rotatable bonds is 4. The van der Waals surface area contributed by atoms with E-state index >= 15 is 0 Å². The third-order valence-corrected chi connectivity index (χ3v) is 3.84. The first-order valence-corrected chi connectivity index (χ1v) is 6.69. The summed E-state index contributed by atoms with van der Waals surface area (Å²) in [6.45, 7) is 5.48. The number of nitrogens with one attached hydrogen (secondary N) is 1. The number of nitrogens with two attached hydrogens (primary N) is 1. The normalized spacial score (nSPS) is 11.4. The van der Waals surface area contributed by atoms with Gasteiger partial charge in [-0.2, -0.15) is 0 Å². The predicted octanol–water partition coefficient (Wildman–Crippen LogP) is 3.35. The third-order valence-electron chi connectivity index (χ3n) is 3.23. The van der Waals surface area contributed by atoms with Gasteiger partial charge in [0.2, 0.25) is 5.91 Å². The highest BCUT2D eigenvalue weighted by atomic mass is 79.9. The Morgan fingerprint density at radius 3 is 2.50 bits per heavy atom. The number of benzene rings is 1. The molecule has 0 aromatic heterocycles. The maximum absolute atomic E-state index is 13.3. The van der Waals surface area contributed by atoms with Crippen molar-refractivity contribution in [3.05, 3.63) is 28.0 Å². The molecule has 0 radical (unpaired) electrons. The number of carbonyl (C=O) groups is 1. The topological polar surface area (TPSA) is 55.1 Å². The lowest BCUT2D eigenvalue weighted by Crippen LogP contribution is -2.50. The molecule has 0 atom stereocenters. The van der Waals surface area contributed by atoms with Crippen molar-refractivity contribution in [1.29, 1.82) is 0 Å². The smallest absolute Gasteiger partial charge is 0.244 e. The third kappa shape index (κ3) is 3.09. The van der Waals surface area contributed by atoms with Gasteiger partial charge in [0.1, 0.15) is 5.82 Å². The van der Waals surface area contributed by atoms with E-state index in [9.17, 15) is 9.18 Å². The zero-order valence-electron chi connectivity index (χ0n) is 10.8. The average molecular weight is 317 g/mol. The Morgan fingerprint density at radius 1 is 1.44 bits per heavy atom. The monoisotopic (exact) mass is 316 g/mol. The summed E-state index contributed by atoms with van der Waals surface area (Å²) in [4.78, 5) is 12.1. The number of aryl methyl sites for hydroxylation is 1. The molecular weight excluding hydrogens is 299 g/mol. The number of anilines is 1. The van der Waals surface area contributed by atoms with Crippen LogP contribution in [0.5, 0.6) is 0 Å². The second kappa shape index (κ2) is 5.80. The first-order valence-electron chi connectivity index (χ1n) is 5.90. The van der Waals surface area contributed by atoms with Gasteiger partial charge in [0.15, 0.2) is 0 Å². The molecule has 0 saturated heterocycles. The first kappa shape index (κ1) is 15.1. The second-order valence-corrected chi connectivity index (χ2v) is 5.25. The molecule has 1 aromatic rings. The van der Waals surface area contributed by atoms with E-state index < -0.39 is 5.54 Å². The van der Waals surface area contributed by atoms with Crippen LogP contribution in [-0.4, -0.2) is 11.4 Å². The molecule has 0 fully saturated rings. The van der Waals surface area contributed by atoms with Gasteiger partial charge in [-0.15, -0.1) is 0 Å². The highest BCUT2D eigenvalue weighted by Crippen LogP contribution is 2.25. The van der Waals surface area contributed by atoms with Gasteiger partial charge in [-0.05, 0) is 53.4 Å². The van der Waals surface area contributed by atoms with Gasteiger partial charge in [-0.1, -0.05) is 13.8 Å². The molecule has 1 aromatic carbocycles. The summed E-state index contributed by atoms with van der Waals surface area (Å²) in [7, 11) is 0. The molecule has 1 rings (SSSR count).